The highest BCUT2D eigenvalue weighted by atomic mass is 28.3. The maximum atomic E-state index is 11.0. The molecule has 1 fully saturated rings. The third kappa shape index (κ3) is 6.11. The number of nitrogens with two attached hydrogens (primary N) is 1. The summed E-state index contributed by atoms with van der Waals surface area (Å²) in [7, 11) is -1.76. The van der Waals surface area contributed by atoms with Gasteiger partial charge in [-0.05, 0) is 59.2 Å². The van der Waals surface area contributed by atoms with Gasteiger partial charge in [0.05, 0.1) is 11.2 Å². The van der Waals surface area contributed by atoms with Crippen LogP contribution in [-0.4, -0.2) is 56.7 Å². The third-order valence-electron chi connectivity index (χ3n) is 4.49. The average Bonchev–Trinajstić information content (AvgIpc) is 2.67. The first-order valence-electron chi connectivity index (χ1n) is 8.47. The molecule has 0 radical (unpaired) electrons. The largest absolute Gasteiger partial charge is 0.490 e. The van der Waals surface area contributed by atoms with E-state index in [0.717, 1.165) is 11.9 Å². The fraction of sp³-hybridized carbons (Fsp3) is 0.750. The Morgan fingerprint density at radius 2 is 1.80 bits per heavy atom. The quantitative estimate of drug-likeness (QED) is 0.461. The molecule has 2 N–H and O–H groups in total. The normalized spacial score (nSPS) is 21.6. The van der Waals surface area contributed by atoms with Crippen LogP contribution in [0.25, 0.3) is 0 Å². The molecule has 25 heavy (non-hydrogen) atoms. The Morgan fingerprint density at radius 3 is 2.08 bits per heavy atom. The lowest BCUT2D eigenvalue weighted by molar-refractivity contribution is 0.00578. The SMILES string of the molecule is CC1(C)OB(C2=CCN(C(N)=O)CC2)OC1(C)C.C[Si](C)(C)N=C=O. The Bertz CT molecular complexity index is 564. The van der Waals surface area contributed by atoms with Gasteiger partial charge in [0.1, 0.15) is 0 Å². The Hall–Kier alpha value is -1.41. The van der Waals surface area contributed by atoms with Gasteiger partial charge >= 0.3 is 13.1 Å². The van der Waals surface area contributed by atoms with Crippen molar-refractivity contribution in [3.63, 3.8) is 0 Å². The summed E-state index contributed by atoms with van der Waals surface area (Å²) < 4.78 is 15.5. The standard InChI is InChI=1S/C12H21BN2O3.C4H9NOSi/c1-11(2)12(3,4)18-13(17-11)9-5-7-15(8-6-9)10(14)16;1-7(2,3)5-4-6/h5H,6-8H2,1-4H3,(H2,14,16);1-3H3. The maximum Gasteiger partial charge on any atom is 0.490 e. The second kappa shape index (κ2) is 7.87. The number of amides is 2. The zero-order valence-corrected chi connectivity index (χ0v) is 17.4. The number of nitrogens with zero attached hydrogens (tertiary/aromatic N) is 2. The molecule has 0 aromatic carbocycles. The zero-order valence-electron chi connectivity index (χ0n) is 16.4. The van der Waals surface area contributed by atoms with E-state index >= 15 is 0 Å². The van der Waals surface area contributed by atoms with E-state index in [4.69, 9.17) is 15.0 Å². The molecule has 9 heteroatoms. The van der Waals surface area contributed by atoms with Gasteiger partial charge in [0.2, 0.25) is 6.08 Å². The average molecular weight is 367 g/mol. The van der Waals surface area contributed by atoms with Crippen molar-refractivity contribution in [1.82, 2.24) is 4.90 Å². The van der Waals surface area contributed by atoms with E-state index in [1.807, 2.05) is 53.4 Å². The van der Waals surface area contributed by atoms with E-state index in [0.29, 0.717) is 13.1 Å². The summed E-state index contributed by atoms with van der Waals surface area (Å²) in [6.45, 7) is 15.3. The summed E-state index contributed by atoms with van der Waals surface area (Å²) >= 11 is 0. The van der Waals surface area contributed by atoms with Crippen molar-refractivity contribution >= 4 is 27.5 Å². The van der Waals surface area contributed by atoms with E-state index in [-0.39, 0.29) is 24.4 Å². The van der Waals surface area contributed by atoms with Crippen LogP contribution in [0.5, 0.6) is 0 Å². The predicted octanol–water partition coefficient (Wildman–Crippen LogP) is 2.49. The van der Waals surface area contributed by atoms with Crippen LogP contribution in [0.1, 0.15) is 34.1 Å². The topological polar surface area (TPSA) is 94.2 Å². The lowest BCUT2D eigenvalue weighted by Gasteiger charge is -2.32. The maximum absolute atomic E-state index is 11.0. The monoisotopic (exact) mass is 367 g/mol. The van der Waals surface area contributed by atoms with Crippen molar-refractivity contribution in [1.29, 1.82) is 0 Å². The first kappa shape index (κ1) is 21.6. The number of carbonyl (C=O) groups excluding carboxylic acids is 2. The molecule has 2 heterocycles. The predicted molar refractivity (Wildman–Crippen MR) is 101 cm³/mol. The Labute approximate surface area is 151 Å². The number of urea groups is 1. The minimum atomic E-state index is -1.46. The first-order valence-corrected chi connectivity index (χ1v) is 11.9. The molecule has 2 aliphatic rings. The number of carbonyl (C=O) groups is 1. The summed E-state index contributed by atoms with van der Waals surface area (Å²) in [5.41, 5.74) is 5.71. The molecular formula is C16H30BN3O4Si. The molecule has 0 bridgehead atoms. The smallest absolute Gasteiger partial charge is 0.400 e. The van der Waals surface area contributed by atoms with E-state index in [1.54, 1.807) is 11.0 Å². The molecule has 2 amide bonds. The molecule has 0 aromatic heterocycles. The van der Waals surface area contributed by atoms with E-state index < -0.39 is 8.24 Å². The van der Waals surface area contributed by atoms with Crippen LogP contribution in [0.2, 0.25) is 19.6 Å². The van der Waals surface area contributed by atoms with Gasteiger partial charge < -0.3 is 19.9 Å². The van der Waals surface area contributed by atoms with Crippen molar-refractivity contribution in [2.45, 2.75) is 65.0 Å². The summed E-state index contributed by atoms with van der Waals surface area (Å²) in [5.74, 6) is 0. The van der Waals surface area contributed by atoms with Gasteiger partial charge in [-0.3, -0.25) is 0 Å². The molecule has 2 aliphatic heterocycles. The molecule has 1 saturated heterocycles. The van der Waals surface area contributed by atoms with Crippen molar-refractivity contribution in [2.75, 3.05) is 13.1 Å². The van der Waals surface area contributed by atoms with Gasteiger partial charge in [-0.2, -0.15) is 0 Å². The van der Waals surface area contributed by atoms with Crippen molar-refractivity contribution in [3.05, 3.63) is 11.5 Å². The summed E-state index contributed by atoms with van der Waals surface area (Å²) in [4.78, 5) is 22.2. The van der Waals surface area contributed by atoms with Crippen molar-refractivity contribution in [2.24, 2.45) is 10.4 Å². The minimum Gasteiger partial charge on any atom is -0.400 e. The zero-order chi connectivity index (χ0) is 19.5. The molecule has 0 aromatic rings. The Balaban J connectivity index is 0.000000381. The summed E-state index contributed by atoms with van der Waals surface area (Å²) in [6, 6.07) is -0.376. The Morgan fingerprint density at radius 1 is 1.28 bits per heavy atom. The van der Waals surface area contributed by atoms with Crippen molar-refractivity contribution in [3.8, 4) is 0 Å². The van der Waals surface area contributed by atoms with E-state index in [1.165, 1.54) is 0 Å². The second-order valence-electron chi connectivity index (χ2n) is 8.28. The van der Waals surface area contributed by atoms with Crippen LogP contribution in [-0.2, 0) is 14.1 Å². The van der Waals surface area contributed by atoms with Gasteiger partial charge in [0.15, 0.2) is 8.24 Å². The molecule has 140 valence electrons. The first-order chi connectivity index (χ1) is 11.3. The molecule has 0 atom stereocenters. The summed E-state index contributed by atoms with van der Waals surface area (Å²) in [5, 5.41) is 0. The minimum absolute atomic E-state index is 0.301. The molecule has 2 rings (SSSR count). The van der Waals surface area contributed by atoms with E-state index in [9.17, 15) is 9.59 Å². The molecule has 7 nitrogen and oxygen atoms in total. The van der Waals surface area contributed by atoms with Gasteiger partial charge in [-0.1, -0.05) is 6.08 Å². The third-order valence-corrected chi connectivity index (χ3v) is 5.26. The number of isocyanates is 1. The molecule has 0 spiro atoms. The molecule has 0 unspecified atom stereocenters. The van der Waals surface area contributed by atoms with E-state index in [2.05, 4.69) is 4.66 Å². The lowest BCUT2D eigenvalue weighted by atomic mass is 9.75. The highest BCUT2D eigenvalue weighted by Gasteiger charge is 2.52. The van der Waals surface area contributed by atoms with Crippen LogP contribution in [0, 0.1) is 0 Å². The van der Waals surface area contributed by atoms with Gasteiger partial charge in [0.25, 0.3) is 0 Å². The van der Waals surface area contributed by atoms with Crippen LogP contribution in [0.4, 0.5) is 4.79 Å². The van der Waals surface area contributed by atoms with Crippen LogP contribution in [0.15, 0.2) is 16.2 Å². The van der Waals surface area contributed by atoms with Crippen LogP contribution >= 0.6 is 0 Å². The van der Waals surface area contributed by atoms with Gasteiger partial charge in [-0.15, -0.1) is 0 Å². The number of hydrogen-bond acceptors (Lipinski definition) is 5. The number of rotatable bonds is 2. The summed E-state index contributed by atoms with van der Waals surface area (Å²) in [6.07, 6.45) is 4.28. The highest BCUT2D eigenvalue weighted by Crippen LogP contribution is 2.39. The highest BCUT2D eigenvalue weighted by molar-refractivity contribution is 6.74. The number of primary amides is 1. The fourth-order valence-corrected chi connectivity index (χ4v) is 2.50. The Kier molecular flexibility index (Phi) is 6.81. The lowest BCUT2D eigenvalue weighted by Crippen LogP contribution is -2.41. The van der Waals surface area contributed by atoms with Crippen molar-refractivity contribution < 1.29 is 18.9 Å². The molecule has 0 aliphatic carbocycles. The van der Waals surface area contributed by atoms with Crippen LogP contribution < -0.4 is 5.73 Å². The van der Waals surface area contributed by atoms with Gasteiger partial charge in [-0.25, -0.2) is 14.2 Å². The molecular weight excluding hydrogens is 337 g/mol. The fourth-order valence-electron chi connectivity index (χ4n) is 2.23. The molecule has 0 saturated carbocycles. The number of hydrogen-bond donors (Lipinski definition) is 1. The van der Waals surface area contributed by atoms with Gasteiger partial charge in [0, 0.05) is 13.1 Å². The van der Waals surface area contributed by atoms with Crippen LogP contribution in [0.3, 0.4) is 0 Å². The second-order valence-corrected chi connectivity index (χ2v) is 12.8.